The topological polar surface area (TPSA) is 53.6 Å². The van der Waals surface area contributed by atoms with Crippen LogP contribution < -0.4 is 5.32 Å². The lowest BCUT2D eigenvalue weighted by Crippen LogP contribution is -2.23. The van der Waals surface area contributed by atoms with Crippen LogP contribution in [0.5, 0.6) is 0 Å². The minimum absolute atomic E-state index is 0.151. The number of pyridine rings is 1. The highest BCUT2D eigenvalue weighted by Crippen LogP contribution is 2.19. The van der Waals surface area contributed by atoms with Crippen molar-refractivity contribution in [3.05, 3.63) is 60.2 Å². The summed E-state index contributed by atoms with van der Waals surface area (Å²) >= 11 is 0. The van der Waals surface area contributed by atoms with E-state index in [9.17, 15) is 0 Å². The third-order valence-electron chi connectivity index (χ3n) is 3.50. The molecule has 2 unspecified atom stereocenters. The lowest BCUT2D eigenvalue weighted by molar-refractivity contribution is 0.479. The second-order valence-electron chi connectivity index (χ2n) is 5.04. The average Bonchev–Trinajstić information content (AvgIpc) is 2.92. The molecule has 0 spiro atoms. The smallest absolute Gasteiger partial charge is 0.124 e. The molecule has 0 fully saturated rings. The van der Waals surface area contributed by atoms with Gasteiger partial charge in [-0.1, -0.05) is 18.2 Å². The summed E-state index contributed by atoms with van der Waals surface area (Å²) in [6.45, 7) is 4.25. The number of H-pyrrole nitrogens is 1. The van der Waals surface area contributed by atoms with Gasteiger partial charge in [0.05, 0.1) is 17.1 Å². The summed E-state index contributed by atoms with van der Waals surface area (Å²) in [7, 11) is 0. The fourth-order valence-corrected chi connectivity index (χ4v) is 2.36. The first-order valence-corrected chi connectivity index (χ1v) is 6.84. The zero-order chi connectivity index (χ0) is 13.9. The van der Waals surface area contributed by atoms with E-state index in [1.165, 1.54) is 5.56 Å². The van der Waals surface area contributed by atoms with Crippen LogP contribution in [-0.4, -0.2) is 15.0 Å². The molecular weight excluding hydrogens is 248 g/mol. The lowest BCUT2D eigenvalue weighted by Gasteiger charge is -2.18. The highest BCUT2D eigenvalue weighted by molar-refractivity contribution is 5.74. The predicted octanol–water partition coefficient (Wildman–Crippen LogP) is 3.37. The van der Waals surface area contributed by atoms with E-state index < -0.39 is 0 Å². The van der Waals surface area contributed by atoms with Gasteiger partial charge in [0, 0.05) is 18.4 Å². The van der Waals surface area contributed by atoms with E-state index >= 15 is 0 Å². The molecule has 2 N–H and O–H groups in total. The first kappa shape index (κ1) is 12.8. The highest BCUT2D eigenvalue weighted by atomic mass is 15.0. The number of hydrogen-bond acceptors (Lipinski definition) is 3. The van der Waals surface area contributed by atoms with E-state index in [4.69, 9.17) is 0 Å². The van der Waals surface area contributed by atoms with Crippen LogP contribution in [0, 0.1) is 0 Å². The Morgan fingerprint density at radius 2 is 1.90 bits per heavy atom. The standard InChI is InChI=1S/C16H18N4/c1-11(13-6-5-9-17-10-13)18-12(2)16-19-14-7-3-4-8-15(14)20-16/h3-12,18H,1-2H3,(H,19,20). The molecule has 0 saturated carbocycles. The van der Waals surface area contributed by atoms with Crippen LogP contribution in [0.15, 0.2) is 48.8 Å². The first-order chi connectivity index (χ1) is 9.74. The molecule has 2 heterocycles. The molecule has 20 heavy (non-hydrogen) atoms. The van der Waals surface area contributed by atoms with Crippen molar-refractivity contribution in [3.8, 4) is 0 Å². The van der Waals surface area contributed by atoms with Crippen LogP contribution in [0.1, 0.15) is 37.3 Å². The third-order valence-corrected chi connectivity index (χ3v) is 3.50. The van der Waals surface area contributed by atoms with Gasteiger partial charge in [0.25, 0.3) is 0 Å². The number of hydrogen-bond donors (Lipinski definition) is 2. The fraction of sp³-hybridized carbons (Fsp3) is 0.250. The van der Waals surface area contributed by atoms with Crippen molar-refractivity contribution in [2.24, 2.45) is 0 Å². The highest BCUT2D eigenvalue weighted by Gasteiger charge is 2.14. The summed E-state index contributed by atoms with van der Waals surface area (Å²) in [5.41, 5.74) is 3.26. The monoisotopic (exact) mass is 266 g/mol. The van der Waals surface area contributed by atoms with Crippen molar-refractivity contribution in [2.75, 3.05) is 0 Å². The number of nitrogens with one attached hydrogen (secondary N) is 2. The SMILES string of the molecule is CC(NC(C)c1nc2ccccc2[nH]1)c1cccnc1. The number of rotatable bonds is 4. The molecule has 3 rings (SSSR count). The summed E-state index contributed by atoms with van der Waals surface area (Å²) < 4.78 is 0. The Hall–Kier alpha value is -2.20. The maximum absolute atomic E-state index is 4.63. The number of aromatic nitrogens is 3. The molecule has 2 atom stereocenters. The lowest BCUT2D eigenvalue weighted by atomic mass is 10.1. The number of para-hydroxylation sites is 2. The number of fused-ring (bicyclic) bond motifs is 1. The maximum atomic E-state index is 4.63. The maximum Gasteiger partial charge on any atom is 0.124 e. The van der Waals surface area contributed by atoms with Crippen LogP contribution >= 0.6 is 0 Å². The first-order valence-electron chi connectivity index (χ1n) is 6.84. The van der Waals surface area contributed by atoms with Gasteiger partial charge in [-0.3, -0.25) is 4.98 Å². The zero-order valence-electron chi connectivity index (χ0n) is 11.7. The zero-order valence-corrected chi connectivity index (χ0v) is 11.7. The molecule has 1 aromatic carbocycles. The molecule has 0 aliphatic carbocycles. The summed E-state index contributed by atoms with van der Waals surface area (Å²) in [6.07, 6.45) is 3.68. The van der Waals surface area contributed by atoms with Crippen LogP contribution in [-0.2, 0) is 0 Å². The Labute approximate surface area is 118 Å². The Balaban J connectivity index is 1.77. The molecule has 3 aromatic rings. The Morgan fingerprint density at radius 1 is 1.05 bits per heavy atom. The van der Waals surface area contributed by atoms with Crippen molar-refractivity contribution in [1.82, 2.24) is 20.3 Å². The average molecular weight is 266 g/mol. The minimum atomic E-state index is 0.151. The van der Waals surface area contributed by atoms with Gasteiger partial charge >= 0.3 is 0 Å². The van der Waals surface area contributed by atoms with Gasteiger partial charge in [-0.15, -0.1) is 0 Å². The molecule has 0 bridgehead atoms. The van der Waals surface area contributed by atoms with Gasteiger partial charge in [-0.2, -0.15) is 0 Å². The molecule has 0 saturated heterocycles. The Morgan fingerprint density at radius 3 is 2.65 bits per heavy atom. The van der Waals surface area contributed by atoms with E-state index in [1.807, 2.05) is 36.5 Å². The fourth-order valence-electron chi connectivity index (χ4n) is 2.36. The second kappa shape index (κ2) is 5.43. The summed E-state index contributed by atoms with van der Waals surface area (Å²) in [4.78, 5) is 12.1. The van der Waals surface area contributed by atoms with Gasteiger partial charge in [-0.25, -0.2) is 4.98 Å². The van der Waals surface area contributed by atoms with E-state index in [0.717, 1.165) is 16.9 Å². The van der Waals surface area contributed by atoms with Gasteiger partial charge in [0.1, 0.15) is 5.82 Å². The Bertz CT molecular complexity index is 657. The number of nitrogens with zero attached hydrogens (tertiary/aromatic N) is 2. The van der Waals surface area contributed by atoms with Crippen molar-refractivity contribution >= 4 is 11.0 Å². The van der Waals surface area contributed by atoms with Crippen LogP contribution in [0.3, 0.4) is 0 Å². The van der Waals surface area contributed by atoms with Gasteiger partial charge < -0.3 is 10.3 Å². The number of imidazole rings is 1. The van der Waals surface area contributed by atoms with E-state index in [0.29, 0.717) is 0 Å². The van der Waals surface area contributed by atoms with E-state index in [-0.39, 0.29) is 12.1 Å². The molecule has 0 amide bonds. The Kier molecular flexibility index (Phi) is 3.48. The van der Waals surface area contributed by atoms with Crippen LogP contribution in [0.4, 0.5) is 0 Å². The molecule has 102 valence electrons. The van der Waals surface area contributed by atoms with Crippen LogP contribution in [0.25, 0.3) is 11.0 Å². The van der Waals surface area contributed by atoms with Crippen molar-refractivity contribution in [2.45, 2.75) is 25.9 Å². The molecule has 4 nitrogen and oxygen atoms in total. The largest absolute Gasteiger partial charge is 0.341 e. The van der Waals surface area contributed by atoms with E-state index in [2.05, 4.69) is 40.2 Å². The molecule has 0 radical (unpaired) electrons. The third kappa shape index (κ3) is 2.56. The summed E-state index contributed by atoms with van der Waals surface area (Å²) in [6, 6.07) is 12.5. The van der Waals surface area contributed by atoms with Gasteiger partial charge in [0.2, 0.25) is 0 Å². The van der Waals surface area contributed by atoms with Crippen molar-refractivity contribution < 1.29 is 0 Å². The van der Waals surface area contributed by atoms with E-state index in [1.54, 1.807) is 6.20 Å². The van der Waals surface area contributed by atoms with Gasteiger partial charge in [-0.05, 0) is 37.6 Å². The molecule has 0 aliphatic rings. The van der Waals surface area contributed by atoms with Crippen LogP contribution in [0.2, 0.25) is 0 Å². The second-order valence-corrected chi connectivity index (χ2v) is 5.04. The van der Waals surface area contributed by atoms with Gasteiger partial charge in [0.15, 0.2) is 0 Å². The summed E-state index contributed by atoms with van der Waals surface area (Å²) in [5.74, 6) is 0.960. The number of aromatic amines is 1. The van der Waals surface area contributed by atoms with Crippen molar-refractivity contribution in [1.29, 1.82) is 0 Å². The molecule has 0 aliphatic heterocycles. The number of benzene rings is 1. The predicted molar refractivity (Wildman–Crippen MR) is 80.3 cm³/mol. The summed E-state index contributed by atoms with van der Waals surface area (Å²) in [5, 5.41) is 3.54. The molecule has 4 heteroatoms. The molecular formula is C16H18N4. The quantitative estimate of drug-likeness (QED) is 0.761. The normalized spacial score (nSPS) is 14.3. The minimum Gasteiger partial charge on any atom is -0.341 e. The molecule has 2 aromatic heterocycles. The van der Waals surface area contributed by atoms with Crippen molar-refractivity contribution in [3.63, 3.8) is 0 Å².